The van der Waals surface area contributed by atoms with E-state index in [-0.39, 0.29) is 22.2 Å². The Morgan fingerprint density at radius 1 is 1.33 bits per heavy atom. The van der Waals surface area contributed by atoms with Crippen LogP contribution in [0.4, 0.5) is 10.1 Å². The monoisotopic (exact) mass is 311 g/mol. The Labute approximate surface area is 124 Å². The van der Waals surface area contributed by atoms with Crippen LogP contribution in [-0.2, 0) is 0 Å². The Kier molecular flexibility index (Phi) is 4.40. The van der Waals surface area contributed by atoms with Crippen molar-refractivity contribution in [1.29, 1.82) is 0 Å². The molecule has 0 amide bonds. The van der Waals surface area contributed by atoms with Crippen LogP contribution in [0.25, 0.3) is 0 Å². The molecule has 0 aromatic heterocycles. The lowest BCUT2D eigenvalue weighted by Crippen LogP contribution is -1.95. The molecule has 0 spiro atoms. The number of halogens is 2. The Bertz CT molecular complexity index is 691. The van der Waals surface area contributed by atoms with Gasteiger partial charge in [-0.15, -0.1) is 0 Å². The van der Waals surface area contributed by atoms with Crippen molar-refractivity contribution in [3.63, 3.8) is 0 Å². The predicted molar refractivity (Wildman–Crippen MR) is 75.2 cm³/mol. The van der Waals surface area contributed by atoms with Gasteiger partial charge in [0.25, 0.3) is 5.69 Å². The molecule has 0 aliphatic carbocycles. The number of nitro benzene ring substituents is 1. The highest BCUT2D eigenvalue weighted by molar-refractivity contribution is 6.32. The second-order valence-corrected chi connectivity index (χ2v) is 4.75. The molecular formula is C14H11ClFNO4. The highest BCUT2D eigenvalue weighted by atomic mass is 35.5. The molecule has 5 nitrogen and oxygen atoms in total. The maximum atomic E-state index is 13.8. The van der Waals surface area contributed by atoms with E-state index in [4.69, 9.17) is 16.3 Å². The molecule has 0 bridgehead atoms. The first kappa shape index (κ1) is 15.2. The lowest BCUT2D eigenvalue weighted by atomic mass is 10.1. The van der Waals surface area contributed by atoms with E-state index < -0.39 is 16.8 Å². The molecule has 0 radical (unpaired) electrons. The van der Waals surface area contributed by atoms with E-state index in [9.17, 15) is 19.6 Å². The summed E-state index contributed by atoms with van der Waals surface area (Å²) >= 11 is 5.75. The first-order chi connectivity index (χ1) is 9.88. The standard InChI is InChI=1S/C14H11ClFNO4/c1-8(18)9-2-5-14(12(16)6-9)21-10-3-4-13(17(19)20)11(15)7-10/h2-8,18H,1H3/t8-/m1/s1. The fourth-order valence-corrected chi connectivity index (χ4v) is 1.93. The third-order valence-corrected chi connectivity index (χ3v) is 3.08. The molecule has 0 aliphatic rings. The topological polar surface area (TPSA) is 72.6 Å². The van der Waals surface area contributed by atoms with Gasteiger partial charge in [-0.2, -0.15) is 0 Å². The molecule has 2 aromatic carbocycles. The fourth-order valence-electron chi connectivity index (χ4n) is 1.69. The number of nitro groups is 1. The maximum absolute atomic E-state index is 13.8. The average Bonchev–Trinajstić information content (AvgIpc) is 2.40. The minimum Gasteiger partial charge on any atom is -0.454 e. The fraction of sp³-hybridized carbons (Fsp3) is 0.143. The van der Waals surface area contributed by atoms with Crippen LogP contribution in [0.3, 0.4) is 0 Å². The normalized spacial score (nSPS) is 12.0. The van der Waals surface area contributed by atoms with Crippen molar-refractivity contribution < 1.29 is 19.2 Å². The van der Waals surface area contributed by atoms with Crippen LogP contribution in [-0.4, -0.2) is 10.0 Å². The minimum absolute atomic E-state index is 0.0654. The summed E-state index contributed by atoms with van der Waals surface area (Å²) in [7, 11) is 0. The van der Waals surface area contributed by atoms with Crippen molar-refractivity contribution in [2.24, 2.45) is 0 Å². The van der Waals surface area contributed by atoms with Crippen molar-refractivity contribution in [2.75, 3.05) is 0 Å². The number of hydrogen-bond donors (Lipinski definition) is 1. The molecule has 0 unspecified atom stereocenters. The van der Waals surface area contributed by atoms with Crippen LogP contribution < -0.4 is 4.74 Å². The van der Waals surface area contributed by atoms with Crippen molar-refractivity contribution in [1.82, 2.24) is 0 Å². The van der Waals surface area contributed by atoms with E-state index in [0.717, 1.165) is 6.07 Å². The van der Waals surface area contributed by atoms with Gasteiger partial charge in [0.1, 0.15) is 10.8 Å². The highest BCUT2D eigenvalue weighted by Crippen LogP contribution is 2.32. The van der Waals surface area contributed by atoms with E-state index >= 15 is 0 Å². The lowest BCUT2D eigenvalue weighted by molar-refractivity contribution is -0.384. The summed E-state index contributed by atoms with van der Waals surface area (Å²) in [5.74, 6) is -0.540. The van der Waals surface area contributed by atoms with E-state index in [0.29, 0.717) is 5.56 Å². The van der Waals surface area contributed by atoms with Crippen LogP contribution in [0.1, 0.15) is 18.6 Å². The molecule has 21 heavy (non-hydrogen) atoms. The van der Waals surface area contributed by atoms with Gasteiger partial charge in [0.15, 0.2) is 11.6 Å². The summed E-state index contributed by atoms with van der Waals surface area (Å²) in [6.45, 7) is 1.52. The average molecular weight is 312 g/mol. The summed E-state index contributed by atoms with van der Waals surface area (Å²) < 4.78 is 19.1. The lowest BCUT2D eigenvalue weighted by Gasteiger charge is -2.10. The molecule has 0 aliphatic heterocycles. The first-order valence-electron chi connectivity index (χ1n) is 5.98. The number of nitrogens with zero attached hydrogens (tertiary/aromatic N) is 1. The molecule has 0 saturated heterocycles. The molecule has 2 aromatic rings. The quantitative estimate of drug-likeness (QED) is 0.677. The molecule has 2 rings (SSSR count). The molecule has 7 heteroatoms. The number of ether oxygens (including phenoxy) is 1. The van der Waals surface area contributed by atoms with Crippen LogP contribution in [0, 0.1) is 15.9 Å². The summed E-state index contributed by atoms with van der Waals surface area (Å²) in [6, 6.07) is 7.79. The van der Waals surface area contributed by atoms with Crippen molar-refractivity contribution in [2.45, 2.75) is 13.0 Å². The molecule has 1 N–H and O–H groups in total. The summed E-state index contributed by atoms with van der Waals surface area (Å²) in [5, 5.41) is 19.9. The number of rotatable bonds is 4. The Hall–Kier alpha value is -2.18. The van der Waals surface area contributed by atoms with Crippen molar-refractivity contribution >= 4 is 17.3 Å². The van der Waals surface area contributed by atoms with Gasteiger partial charge in [0.2, 0.25) is 0 Å². The third kappa shape index (κ3) is 3.48. The maximum Gasteiger partial charge on any atom is 0.288 e. The Morgan fingerprint density at radius 3 is 2.57 bits per heavy atom. The molecular weight excluding hydrogens is 301 g/mol. The van der Waals surface area contributed by atoms with Gasteiger partial charge in [-0.25, -0.2) is 4.39 Å². The van der Waals surface area contributed by atoms with E-state index in [2.05, 4.69) is 0 Å². The number of aliphatic hydroxyl groups excluding tert-OH is 1. The van der Waals surface area contributed by atoms with Gasteiger partial charge in [0.05, 0.1) is 11.0 Å². The van der Waals surface area contributed by atoms with Crippen LogP contribution in [0.15, 0.2) is 36.4 Å². The van der Waals surface area contributed by atoms with E-state index in [1.807, 2.05) is 0 Å². The van der Waals surface area contributed by atoms with E-state index in [1.54, 1.807) is 0 Å². The number of benzene rings is 2. The largest absolute Gasteiger partial charge is 0.454 e. The third-order valence-electron chi connectivity index (χ3n) is 2.78. The van der Waals surface area contributed by atoms with Crippen LogP contribution in [0.2, 0.25) is 5.02 Å². The molecule has 110 valence electrons. The minimum atomic E-state index is -0.789. The molecule has 0 saturated carbocycles. The zero-order chi connectivity index (χ0) is 15.6. The van der Waals surface area contributed by atoms with Gasteiger partial charge < -0.3 is 9.84 Å². The Morgan fingerprint density at radius 2 is 2.05 bits per heavy atom. The second-order valence-electron chi connectivity index (χ2n) is 4.34. The van der Waals surface area contributed by atoms with Gasteiger partial charge in [-0.1, -0.05) is 17.7 Å². The van der Waals surface area contributed by atoms with Gasteiger partial charge in [-0.3, -0.25) is 10.1 Å². The number of hydrogen-bond acceptors (Lipinski definition) is 4. The summed E-state index contributed by atoms with van der Waals surface area (Å²) in [4.78, 5) is 10.0. The summed E-state index contributed by atoms with van der Waals surface area (Å²) in [5.41, 5.74) is 0.163. The van der Waals surface area contributed by atoms with Gasteiger partial charge in [-0.05, 0) is 30.7 Å². The predicted octanol–water partition coefficient (Wildman–Crippen LogP) is 4.23. The highest BCUT2D eigenvalue weighted by Gasteiger charge is 2.14. The Balaban J connectivity index is 2.26. The molecule has 1 atom stereocenters. The van der Waals surface area contributed by atoms with Gasteiger partial charge in [0, 0.05) is 12.1 Å². The zero-order valence-corrected chi connectivity index (χ0v) is 11.7. The number of aliphatic hydroxyl groups is 1. The summed E-state index contributed by atoms with van der Waals surface area (Å²) in [6.07, 6.45) is -0.789. The van der Waals surface area contributed by atoms with E-state index in [1.165, 1.54) is 37.3 Å². The smallest absolute Gasteiger partial charge is 0.288 e. The SMILES string of the molecule is C[C@@H](O)c1ccc(Oc2ccc([N+](=O)[O-])c(Cl)c2)c(F)c1. The van der Waals surface area contributed by atoms with Crippen molar-refractivity contribution in [3.05, 3.63) is 62.9 Å². The molecule has 0 fully saturated rings. The first-order valence-corrected chi connectivity index (χ1v) is 6.35. The zero-order valence-electron chi connectivity index (χ0n) is 10.9. The second kappa shape index (κ2) is 6.07. The van der Waals surface area contributed by atoms with Crippen molar-refractivity contribution in [3.8, 4) is 11.5 Å². The molecule has 0 heterocycles. The van der Waals surface area contributed by atoms with Crippen LogP contribution >= 0.6 is 11.6 Å². The van der Waals surface area contributed by atoms with Crippen LogP contribution in [0.5, 0.6) is 11.5 Å². The van der Waals surface area contributed by atoms with Gasteiger partial charge >= 0.3 is 0 Å².